The lowest BCUT2D eigenvalue weighted by molar-refractivity contribution is -0.134. The van der Waals surface area contributed by atoms with E-state index >= 15 is 0 Å². The van der Waals surface area contributed by atoms with Crippen LogP contribution in [0.25, 0.3) is 0 Å². The first kappa shape index (κ1) is 20.6. The van der Waals surface area contributed by atoms with E-state index in [4.69, 9.17) is 14.7 Å². The lowest BCUT2D eigenvalue weighted by Crippen LogP contribution is -2.59. The van der Waals surface area contributed by atoms with E-state index in [2.05, 4.69) is 10.6 Å². The average molecular weight is 373 g/mol. The standard InChI is InChI=1S/C20H27N3O4/c1-26-16-8-6-15(14-17(16)27-2)7-9-18(24)23-20(10-4-3-5-11-20)19(25)22-13-12-21/h6,8,14H,3-5,7,9-11,13H2,1-2H3,(H,22,25)(H,23,24). The van der Waals surface area contributed by atoms with Crippen molar-refractivity contribution in [2.24, 2.45) is 0 Å². The molecule has 7 heteroatoms. The molecule has 1 aromatic rings. The third kappa shape index (κ3) is 5.36. The number of hydrogen-bond acceptors (Lipinski definition) is 5. The predicted molar refractivity (Wildman–Crippen MR) is 100 cm³/mol. The van der Waals surface area contributed by atoms with Gasteiger partial charge in [0.1, 0.15) is 12.1 Å². The minimum Gasteiger partial charge on any atom is -0.493 e. The molecule has 7 nitrogen and oxygen atoms in total. The highest BCUT2D eigenvalue weighted by molar-refractivity contribution is 5.91. The zero-order chi connectivity index (χ0) is 19.7. The molecule has 1 saturated carbocycles. The fraction of sp³-hybridized carbons (Fsp3) is 0.550. The normalized spacial score (nSPS) is 15.3. The van der Waals surface area contributed by atoms with Gasteiger partial charge in [-0.1, -0.05) is 25.3 Å². The summed E-state index contributed by atoms with van der Waals surface area (Å²) in [7, 11) is 3.15. The van der Waals surface area contributed by atoms with Crippen molar-refractivity contribution in [3.63, 3.8) is 0 Å². The molecule has 2 amide bonds. The second-order valence-corrected chi connectivity index (χ2v) is 6.72. The van der Waals surface area contributed by atoms with Crippen molar-refractivity contribution in [2.75, 3.05) is 20.8 Å². The van der Waals surface area contributed by atoms with Crippen molar-refractivity contribution in [2.45, 2.75) is 50.5 Å². The molecule has 0 unspecified atom stereocenters. The number of benzene rings is 1. The van der Waals surface area contributed by atoms with Crippen LogP contribution in [0.15, 0.2) is 18.2 Å². The largest absolute Gasteiger partial charge is 0.493 e. The maximum atomic E-state index is 12.5. The van der Waals surface area contributed by atoms with E-state index in [1.807, 2.05) is 24.3 Å². The van der Waals surface area contributed by atoms with E-state index < -0.39 is 5.54 Å². The average Bonchev–Trinajstić information content (AvgIpc) is 2.70. The van der Waals surface area contributed by atoms with Crippen LogP contribution < -0.4 is 20.1 Å². The highest BCUT2D eigenvalue weighted by atomic mass is 16.5. The maximum absolute atomic E-state index is 12.5. The quantitative estimate of drug-likeness (QED) is 0.680. The summed E-state index contributed by atoms with van der Waals surface area (Å²) in [5.74, 6) is 0.832. The number of nitrogens with zero attached hydrogens (tertiary/aromatic N) is 1. The molecule has 0 radical (unpaired) electrons. The fourth-order valence-electron chi connectivity index (χ4n) is 3.48. The second-order valence-electron chi connectivity index (χ2n) is 6.72. The van der Waals surface area contributed by atoms with Crippen molar-refractivity contribution < 1.29 is 19.1 Å². The number of carbonyl (C=O) groups is 2. The van der Waals surface area contributed by atoms with Gasteiger partial charge >= 0.3 is 0 Å². The zero-order valence-electron chi connectivity index (χ0n) is 16.0. The number of methoxy groups -OCH3 is 2. The molecule has 0 aliphatic heterocycles. The minimum atomic E-state index is -0.899. The molecule has 0 spiro atoms. The molecule has 1 aromatic carbocycles. The lowest BCUT2D eigenvalue weighted by atomic mass is 9.80. The van der Waals surface area contributed by atoms with Gasteiger partial charge in [-0.25, -0.2) is 0 Å². The van der Waals surface area contributed by atoms with Crippen molar-refractivity contribution in [3.05, 3.63) is 23.8 Å². The van der Waals surface area contributed by atoms with Crippen LogP contribution in [0.3, 0.4) is 0 Å². The molecular formula is C20H27N3O4. The van der Waals surface area contributed by atoms with E-state index in [-0.39, 0.29) is 24.8 Å². The van der Waals surface area contributed by atoms with Crippen LogP contribution in [0.4, 0.5) is 0 Å². The van der Waals surface area contributed by atoms with Gasteiger partial charge in [0, 0.05) is 6.42 Å². The van der Waals surface area contributed by atoms with Gasteiger partial charge in [-0.15, -0.1) is 0 Å². The highest BCUT2D eigenvalue weighted by Gasteiger charge is 2.40. The molecule has 0 heterocycles. The molecular weight excluding hydrogens is 346 g/mol. The molecule has 0 saturated heterocycles. The van der Waals surface area contributed by atoms with Gasteiger partial charge in [0.05, 0.1) is 20.3 Å². The van der Waals surface area contributed by atoms with E-state index in [1.165, 1.54) is 0 Å². The van der Waals surface area contributed by atoms with Gasteiger partial charge < -0.3 is 20.1 Å². The Morgan fingerprint density at radius 2 is 1.85 bits per heavy atom. The molecule has 1 aliphatic rings. The summed E-state index contributed by atoms with van der Waals surface area (Å²) in [4.78, 5) is 25.1. The van der Waals surface area contributed by atoms with Crippen molar-refractivity contribution in [1.82, 2.24) is 10.6 Å². The van der Waals surface area contributed by atoms with Crippen molar-refractivity contribution in [1.29, 1.82) is 5.26 Å². The molecule has 0 bridgehead atoms. The SMILES string of the molecule is COc1ccc(CCC(=O)NC2(C(=O)NCC#N)CCCCC2)cc1OC. The Hall–Kier alpha value is -2.75. The number of rotatable bonds is 8. The van der Waals surface area contributed by atoms with E-state index in [0.717, 1.165) is 24.8 Å². The van der Waals surface area contributed by atoms with Crippen LogP contribution >= 0.6 is 0 Å². The molecule has 1 fully saturated rings. The van der Waals surface area contributed by atoms with Crippen molar-refractivity contribution in [3.8, 4) is 17.6 Å². The number of amides is 2. The monoisotopic (exact) mass is 373 g/mol. The number of nitriles is 1. The zero-order valence-corrected chi connectivity index (χ0v) is 16.0. The third-order valence-electron chi connectivity index (χ3n) is 4.94. The summed E-state index contributed by atoms with van der Waals surface area (Å²) in [6.07, 6.45) is 4.82. The molecule has 146 valence electrons. The van der Waals surface area contributed by atoms with Crippen molar-refractivity contribution >= 4 is 11.8 Å². The van der Waals surface area contributed by atoms with Gasteiger partial charge in [0.2, 0.25) is 11.8 Å². The summed E-state index contributed by atoms with van der Waals surface area (Å²) in [6, 6.07) is 7.46. The minimum absolute atomic E-state index is 0.0535. The number of nitrogens with one attached hydrogen (secondary N) is 2. The molecule has 2 rings (SSSR count). The first-order valence-corrected chi connectivity index (χ1v) is 9.22. The first-order valence-electron chi connectivity index (χ1n) is 9.22. The van der Waals surface area contributed by atoms with Gasteiger partial charge in [-0.3, -0.25) is 9.59 Å². The van der Waals surface area contributed by atoms with Crippen LogP contribution in [0.2, 0.25) is 0 Å². The van der Waals surface area contributed by atoms with E-state index in [0.29, 0.717) is 30.8 Å². The predicted octanol–water partition coefficient (Wildman–Crippen LogP) is 2.10. The van der Waals surface area contributed by atoms with Crippen LogP contribution in [0, 0.1) is 11.3 Å². The molecule has 27 heavy (non-hydrogen) atoms. The van der Waals surface area contributed by atoms with Gasteiger partial charge in [0.15, 0.2) is 11.5 Å². The Morgan fingerprint density at radius 1 is 1.15 bits per heavy atom. The Kier molecular flexibility index (Phi) is 7.47. The van der Waals surface area contributed by atoms with Crippen LogP contribution in [-0.4, -0.2) is 38.1 Å². The third-order valence-corrected chi connectivity index (χ3v) is 4.94. The van der Waals surface area contributed by atoms with Crippen LogP contribution in [-0.2, 0) is 16.0 Å². The molecule has 2 N–H and O–H groups in total. The Bertz CT molecular complexity index is 706. The smallest absolute Gasteiger partial charge is 0.246 e. The number of carbonyl (C=O) groups excluding carboxylic acids is 2. The maximum Gasteiger partial charge on any atom is 0.246 e. The van der Waals surface area contributed by atoms with Crippen LogP contribution in [0.1, 0.15) is 44.1 Å². The van der Waals surface area contributed by atoms with Crippen LogP contribution in [0.5, 0.6) is 11.5 Å². The highest BCUT2D eigenvalue weighted by Crippen LogP contribution is 2.30. The summed E-state index contributed by atoms with van der Waals surface area (Å²) < 4.78 is 10.5. The first-order chi connectivity index (χ1) is 13.0. The second kappa shape index (κ2) is 9.81. The number of ether oxygens (including phenoxy) is 2. The van der Waals surface area contributed by atoms with Gasteiger partial charge in [-0.2, -0.15) is 5.26 Å². The Labute approximate surface area is 160 Å². The van der Waals surface area contributed by atoms with E-state index in [9.17, 15) is 9.59 Å². The van der Waals surface area contributed by atoms with E-state index in [1.54, 1.807) is 14.2 Å². The fourth-order valence-corrected chi connectivity index (χ4v) is 3.48. The molecule has 1 aliphatic carbocycles. The lowest BCUT2D eigenvalue weighted by Gasteiger charge is -2.36. The Morgan fingerprint density at radius 3 is 2.48 bits per heavy atom. The summed E-state index contributed by atoms with van der Waals surface area (Å²) in [6.45, 7) is -0.0535. The molecule has 0 atom stereocenters. The van der Waals surface area contributed by atoms with Gasteiger partial charge in [-0.05, 0) is 37.0 Å². The topological polar surface area (TPSA) is 100 Å². The molecule has 0 aromatic heterocycles. The Balaban J connectivity index is 1.99. The summed E-state index contributed by atoms with van der Waals surface area (Å²) in [5.41, 5.74) is 0.0541. The number of aryl methyl sites for hydroxylation is 1. The number of hydrogen-bond donors (Lipinski definition) is 2. The van der Waals surface area contributed by atoms with Gasteiger partial charge in [0.25, 0.3) is 0 Å². The summed E-state index contributed by atoms with van der Waals surface area (Å²) in [5, 5.41) is 14.2. The summed E-state index contributed by atoms with van der Waals surface area (Å²) >= 11 is 0.